The molecule has 0 aliphatic rings. The molecule has 0 aliphatic carbocycles. The van der Waals surface area contributed by atoms with Gasteiger partial charge in [0.15, 0.2) is 5.78 Å². The van der Waals surface area contributed by atoms with E-state index < -0.39 is 0 Å². The highest BCUT2D eigenvalue weighted by molar-refractivity contribution is 9.09. The molecule has 100 valence electrons. The zero-order valence-electron chi connectivity index (χ0n) is 10.2. The van der Waals surface area contributed by atoms with Crippen molar-refractivity contribution >= 4 is 44.8 Å². The van der Waals surface area contributed by atoms with Crippen molar-refractivity contribution in [2.24, 2.45) is 0 Å². The minimum atomic E-state index is -0.339. The molecule has 0 saturated heterocycles. The van der Waals surface area contributed by atoms with Gasteiger partial charge in [0, 0.05) is 21.6 Å². The third-order valence-corrected chi connectivity index (χ3v) is 5.35. The zero-order chi connectivity index (χ0) is 13.8. The summed E-state index contributed by atoms with van der Waals surface area (Å²) in [7, 11) is 0. The highest BCUT2D eigenvalue weighted by Gasteiger charge is 2.18. The van der Waals surface area contributed by atoms with Crippen molar-refractivity contribution < 1.29 is 9.18 Å². The first kappa shape index (κ1) is 14.8. The molecule has 0 spiro atoms. The van der Waals surface area contributed by atoms with E-state index in [1.807, 2.05) is 30.5 Å². The largest absolute Gasteiger partial charge is 0.298 e. The number of halogens is 2. The Hall–Kier alpha value is -0.650. The van der Waals surface area contributed by atoms with E-state index in [-0.39, 0.29) is 22.8 Å². The van der Waals surface area contributed by atoms with Gasteiger partial charge in [-0.2, -0.15) is 0 Å². The number of benzene rings is 1. The molecule has 2 aromatic rings. The normalized spacial score (nSPS) is 12.4. The van der Waals surface area contributed by atoms with E-state index in [0.717, 1.165) is 15.3 Å². The highest BCUT2D eigenvalue weighted by atomic mass is 79.9. The number of carbonyl (C=O) groups is 1. The number of hydrogen-bond donors (Lipinski definition) is 0. The van der Waals surface area contributed by atoms with Gasteiger partial charge in [-0.1, -0.05) is 28.1 Å². The molecule has 0 radical (unpaired) electrons. The van der Waals surface area contributed by atoms with Crippen LogP contribution in [0.25, 0.3) is 0 Å². The van der Waals surface area contributed by atoms with Crippen LogP contribution < -0.4 is 0 Å². The van der Waals surface area contributed by atoms with Crippen LogP contribution in [-0.4, -0.2) is 12.0 Å². The second-order valence-corrected chi connectivity index (χ2v) is 6.80. The summed E-state index contributed by atoms with van der Waals surface area (Å²) in [6.07, 6.45) is 2.27. The molecule has 0 saturated carbocycles. The molecule has 1 aromatic carbocycles. The summed E-state index contributed by atoms with van der Waals surface area (Å²) in [5, 5.41) is 1.42. The van der Waals surface area contributed by atoms with Crippen LogP contribution in [0.2, 0.25) is 0 Å². The molecule has 1 aromatic heterocycles. The van der Waals surface area contributed by atoms with Crippen LogP contribution in [0.3, 0.4) is 0 Å². The van der Waals surface area contributed by atoms with Crippen LogP contribution >= 0.6 is 39.0 Å². The number of hydrogen-bond acceptors (Lipinski definition) is 3. The average molecular weight is 359 g/mol. The molecule has 0 aliphatic heterocycles. The number of alkyl halides is 1. The van der Waals surface area contributed by atoms with Crippen LogP contribution in [-0.2, 0) is 11.2 Å². The van der Waals surface area contributed by atoms with Gasteiger partial charge in [0.05, 0.1) is 4.83 Å². The lowest BCUT2D eigenvalue weighted by molar-refractivity contribution is -0.117. The number of carbonyl (C=O) groups excluding carboxylic acids is 1. The Labute approximate surface area is 128 Å². The molecular weight excluding hydrogens is 347 g/mol. The maximum Gasteiger partial charge on any atom is 0.156 e. The van der Waals surface area contributed by atoms with Crippen molar-refractivity contribution in [1.82, 2.24) is 0 Å². The summed E-state index contributed by atoms with van der Waals surface area (Å²) in [5.74, 6) is -0.234. The molecule has 0 bridgehead atoms. The zero-order valence-corrected chi connectivity index (χ0v) is 13.4. The lowest BCUT2D eigenvalue weighted by Gasteiger charge is -2.09. The fourth-order valence-electron chi connectivity index (χ4n) is 1.67. The van der Waals surface area contributed by atoms with E-state index in [4.69, 9.17) is 0 Å². The summed E-state index contributed by atoms with van der Waals surface area (Å²) in [6, 6.07) is 9.29. The summed E-state index contributed by atoms with van der Waals surface area (Å²) in [4.78, 5) is 13.7. The smallest absolute Gasteiger partial charge is 0.156 e. The molecule has 19 heavy (non-hydrogen) atoms. The summed E-state index contributed by atoms with van der Waals surface area (Å²) < 4.78 is 12.9. The maximum absolute atomic E-state index is 12.9. The first-order chi connectivity index (χ1) is 9.10. The fourth-order valence-corrected chi connectivity index (χ4v) is 3.28. The number of Topliss-reactive ketones (excluding diaryl/α,β-unsaturated/α-hetero) is 1. The SMILES string of the molecule is CSc1ccc(C(Br)C(=O)Cc2cc(F)cs2)cc1. The Morgan fingerprint density at radius 3 is 2.63 bits per heavy atom. The van der Waals surface area contributed by atoms with Crippen molar-refractivity contribution in [2.75, 3.05) is 6.26 Å². The Bertz CT molecular complexity index is 565. The molecule has 1 atom stereocenters. The Kier molecular flexibility index (Phi) is 5.19. The van der Waals surface area contributed by atoms with Crippen LogP contribution in [0.15, 0.2) is 40.6 Å². The van der Waals surface area contributed by atoms with Crippen LogP contribution in [0.1, 0.15) is 15.3 Å². The molecule has 1 nitrogen and oxygen atoms in total. The summed E-state index contributed by atoms with van der Waals surface area (Å²) >= 11 is 6.36. The Morgan fingerprint density at radius 2 is 2.11 bits per heavy atom. The summed E-state index contributed by atoms with van der Waals surface area (Å²) in [6.45, 7) is 0. The minimum absolute atomic E-state index is 0.0405. The standard InChI is InChI=1S/C14H12BrFOS2/c1-18-11-4-2-9(3-5-11)14(15)13(17)7-12-6-10(16)8-19-12/h2-6,8,14H,7H2,1H3. The van der Waals surface area contributed by atoms with E-state index in [9.17, 15) is 9.18 Å². The third kappa shape index (κ3) is 3.91. The third-order valence-electron chi connectivity index (χ3n) is 2.66. The van der Waals surface area contributed by atoms with Crippen molar-refractivity contribution in [1.29, 1.82) is 0 Å². The van der Waals surface area contributed by atoms with Crippen LogP contribution in [0, 0.1) is 5.82 Å². The lowest BCUT2D eigenvalue weighted by Crippen LogP contribution is -2.08. The van der Waals surface area contributed by atoms with Gasteiger partial charge in [-0.15, -0.1) is 23.1 Å². The van der Waals surface area contributed by atoms with Gasteiger partial charge >= 0.3 is 0 Å². The van der Waals surface area contributed by atoms with E-state index in [1.165, 1.54) is 22.8 Å². The molecule has 1 unspecified atom stereocenters. The predicted octanol–water partition coefficient (Wildman–Crippen LogP) is 4.86. The van der Waals surface area contributed by atoms with Crippen molar-refractivity contribution in [3.63, 3.8) is 0 Å². The molecule has 0 N–H and O–H groups in total. The Balaban J connectivity index is 2.05. The van der Waals surface area contributed by atoms with Gasteiger partial charge in [0.1, 0.15) is 5.82 Å². The molecule has 5 heteroatoms. The molecule has 0 fully saturated rings. The second kappa shape index (κ2) is 6.68. The molecule has 2 rings (SSSR count). The van der Waals surface area contributed by atoms with Gasteiger partial charge < -0.3 is 0 Å². The number of thiophene rings is 1. The van der Waals surface area contributed by atoms with Gasteiger partial charge in [0.2, 0.25) is 0 Å². The van der Waals surface area contributed by atoms with E-state index in [0.29, 0.717) is 0 Å². The first-order valence-corrected chi connectivity index (χ1v) is 8.66. The number of ketones is 1. The van der Waals surface area contributed by atoms with Gasteiger partial charge in [0.25, 0.3) is 0 Å². The lowest BCUT2D eigenvalue weighted by atomic mass is 10.1. The van der Waals surface area contributed by atoms with Crippen molar-refractivity contribution in [2.45, 2.75) is 16.1 Å². The van der Waals surface area contributed by atoms with Crippen molar-refractivity contribution in [3.05, 3.63) is 52.0 Å². The quantitative estimate of drug-likeness (QED) is 0.560. The molecule has 1 heterocycles. The van der Waals surface area contributed by atoms with Crippen LogP contribution in [0.5, 0.6) is 0 Å². The number of thioether (sulfide) groups is 1. The van der Waals surface area contributed by atoms with E-state index in [2.05, 4.69) is 15.9 Å². The maximum atomic E-state index is 12.9. The fraction of sp³-hybridized carbons (Fsp3) is 0.214. The Morgan fingerprint density at radius 1 is 1.42 bits per heavy atom. The van der Waals surface area contributed by atoms with Gasteiger partial charge in [-0.3, -0.25) is 4.79 Å². The van der Waals surface area contributed by atoms with Crippen molar-refractivity contribution in [3.8, 4) is 0 Å². The molecule has 0 amide bonds. The van der Waals surface area contributed by atoms with Gasteiger partial charge in [-0.25, -0.2) is 4.39 Å². The minimum Gasteiger partial charge on any atom is -0.298 e. The summed E-state index contributed by atoms with van der Waals surface area (Å²) in [5.41, 5.74) is 0.930. The average Bonchev–Trinajstić information content (AvgIpc) is 2.83. The van der Waals surface area contributed by atoms with E-state index in [1.54, 1.807) is 11.8 Å². The predicted molar refractivity (Wildman–Crippen MR) is 82.9 cm³/mol. The topological polar surface area (TPSA) is 17.1 Å². The highest BCUT2D eigenvalue weighted by Crippen LogP contribution is 2.28. The first-order valence-electron chi connectivity index (χ1n) is 5.64. The molecular formula is C14H12BrFOS2. The second-order valence-electron chi connectivity index (χ2n) is 4.01. The monoisotopic (exact) mass is 358 g/mol. The van der Waals surface area contributed by atoms with Gasteiger partial charge in [-0.05, 0) is 30.0 Å². The van der Waals surface area contributed by atoms with Crippen LogP contribution in [0.4, 0.5) is 4.39 Å². The van der Waals surface area contributed by atoms with E-state index >= 15 is 0 Å². The number of rotatable bonds is 5.